The minimum atomic E-state index is -0.778. The van der Waals surface area contributed by atoms with E-state index in [-0.39, 0.29) is 0 Å². The van der Waals surface area contributed by atoms with Crippen LogP contribution in [0.3, 0.4) is 0 Å². The second kappa shape index (κ2) is 4.23. The number of nitrogens with one attached hydrogen (secondary N) is 1. The molecule has 1 unspecified atom stereocenters. The molecule has 1 aromatic rings. The van der Waals surface area contributed by atoms with Gasteiger partial charge in [0.2, 0.25) is 9.03 Å². The molecule has 1 rings (SSSR count). The van der Waals surface area contributed by atoms with E-state index >= 15 is 0 Å². The zero-order valence-electron chi connectivity index (χ0n) is 5.20. The largest absolute Gasteiger partial charge is 0.261 e. The Balaban J connectivity index is 2.43. The molecule has 0 bridgehead atoms. The Morgan fingerprint density at radius 2 is 2.00 bits per heavy atom. The quantitative estimate of drug-likeness (QED) is 0.536. The Bertz CT molecular complexity index is 180. The lowest BCUT2D eigenvalue weighted by Crippen LogP contribution is -1.90. The third kappa shape index (κ3) is 2.31. The molecule has 1 atom stereocenters. The molecular formula is C6H7NO2P. The highest BCUT2D eigenvalue weighted by molar-refractivity contribution is 7.24. The Morgan fingerprint density at radius 1 is 1.30 bits per heavy atom. The number of hydrogen-bond donors (Lipinski definition) is 1. The van der Waals surface area contributed by atoms with E-state index in [9.17, 15) is 4.89 Å². The predicted octanol–water partition coefficient (Wildman–Crippen LogP) is 1.97. The number of rotatable bonds is 3. The fraction of sp³-hybridized carbons (Fsp3) is 0. The summed E-state index contributed by atoms with van der Waals surface area (Å²) in [4.78, 5) is 9.85. The summed E-state index contributed by atoms with van der Waals surface area (Å²) >= 11 is 0. The molecule has 3 nitrogen and oxygen atoms in total. The molecule has 0 aliphatic heterocycles. The van der Waals surface area contributed by atoms with Crippen LogP contribution < -0.4 is 5.48 Å². The standard InChI is InChI=1S/C6H7NO2P/c8-10-9-7-6-4-2-1-3-5-6/h1-5,7,10H. The van der Waals surface area contributed by atoms with Gasteiger partial charge in [-0.05, 0) is 12.1 Å². The number of hydrogen-bond acceptors (Lipinski definition) is 2. The first-order chi connectivity index (χ1) is 4.93. The van der Waals surface area contributed by atoms with Crippen molar-refractivity contribution >= 4 is 14.7 Å². The molecule has 1 N–H and O–H groups in total. The maximum absolute atomic E-state index is 9.85. The summed E-state index contributed by atoms with van der Waals surface area (Å²) in [5.74, 6) is 0. The van der Waals surface area contributed by atoms with Crippen molar-refractivity contribution in [3.05, 3.63) is 30.3 Å². The van der Waals surface area contributed by atoms with Crippen molar-refractivity contribution in [2.45, 2.75) is 0 Å². The van der Waals surface area contributed by atoms with Crippen molar-refractivity contribution < 1.29 is 9.52 Å². The van der Waals surface area contributed by atoms with Crippen LogP contribution in [-0.4, -0.2) is 0 Å². The molecule has 0 aliphatic rings. The highest BCUT2D eigenvalue weighted by Crippen LogP contribution is 2.10. The minimum Gasteiger partial charge on any atom is -0.261 e. The van der Waals surface area contributed by atoms with E-state index < -0.39 is 9.03 Å². The first kappa shape index (κ1) is 7.48. The van der Waals surface area contributed by atoms with E-state index in [1.807, 2.05) is 30.3 Å². The second-order valence-corrected chi connectivity index (χ2v) is 2.02. The van der Waals surface area contributed by atoms with Gasteiger partial charge in [-0.15, -0.1) is 0 Å². The third-order valence-corrected chi connectivity index (χ3v) is 1.17. The van der Waals surface area contributed by atoms with E-state index in [0.29, 0.717) is 0 Å². The SMILES string of the molecule is [O]PONc1ccccc1. The lowest BCUT2D eigenvalue weighted by atomic mass is 10.3. The van der Waals surface area contributed by atoms with Crippen LogP contribution in [0.15, 0.2) is 30.3 Å². The minimum absolute atomic E-state index is 0.778. The fourth-order valence-corrected chi connectivity index (χ4v) is 0.745. The van der Waals surface area contributed by atoms with Crippen molar-refractivity contribution in [2.75, 3.05) is 5.48 Å². The molecule has 0 spiro atoms. The molecule has 1 radical (unpaired) electrons. The second-order valence-electron chi connectivity index (χ2n) is 1.65. The molecule has 53 valence electrons. The Labute approximate surface area is 60.9 Å². The van der Waals surface area contributed by atoms with E-state index in [2.05, 4.69) is 10.1 Å². The van der Waals surface area contributed by atoms with Crippen LogP contribution in [-0.2, 0) is 9.52 Å². The smallest absolute Gasteiger partial charge is 0.223 e. The van der Waals surface area contributed by atoms with Crippen LogP contribution in [0.25, 0.3) is 0 Å². The van der Waals surface area contributed by atoms with Crippen LogP contribution in [0.4, 0.5) is 5.69 Å². The van der Waals surface area contributed by atoms with Gasteiger partial charge in [-0.2, -0.15) is 4.89 Å². The monoisotopic (exact) mass is 156 g/mol. The van der Waals surface area contributed by atoms with Crippen molar-refractivity contribution in [3.63, 3.8) is 0 Å². The Hall–Kier alpha value is -0.630. The van der Waals surface area contributed by atoms with Gasteiger partial charge >= 0.3 is 0 Å². The zero-order chi connectivity index (χ0) is 7.23. The molecule has 0 saturated heterocycles. The third-order valence-electron chi connectivity index (χ3n) is 0.984. The lowest BCUT2D eigenvalue weighted by molar-refractivity contribution is 0.365. The van der Waals surface area contributed by atoms with Gasteiger partial charge in [0, 0.05) is 0 Å². The molecule has 0 fully saturated rings. The molecule has 4 heteroatoms. The molecule has 10 heavy (non-hydrogen) atoms. The average Bonchev–Trinajstić information content (AvgIpc) is 2.03. The summed E-state index contributed by atoms with van der Waals surface area (Å²) in [7, 11) is -0.778. The summed E-state index contributed by atoms with van der Waals surface area (Å²) in [6.07, 6.45) is 0. The van der Waals surface area contributed by atoms with Crippen LogP contribution >= 0.6 is 9.03 Å². The van der Waals surface area contributed by atoms with Gasteiger partial charge in [0.15, 0.2) is 0 Å². The molecule has 0 amide bonds. The van der Waals surface area contributed by atoms with Crippen molar-refractivity contribution in [3.8, 4) is 0 Å². The van der Waals surface area contributed by atoms with Crippen molar-refractivity contribution in [2.24, 2.45) is 0 Å². The number of anilines is 1. The van der Waals surface area contributed by atoms with Crippen LogP contribution in [0.5, 0.6) is 0 Å². The first-order valence-corrected chi connectivity index (χ1v) is 3.59. The molecule has 0 aromatic heterocycles. The van der Waals surface area contributed by atoms with Gasteiger partial charge in [-0.25, -0.2) is 4.62 Å². The van der Waals surface area contributed by atoms with Gasteiger partial charge in [-0.3, -0.25) is 5.48 Å². The van der Waals surface area contributed by atoms with E-state index in [1.165, 1.54) is 0 Å². The zero-order valence-corrected chi connectivity index (χ0v) is 6.20. The fourth-order valence-electron chi connectivity index (χ4n) is 0.586. The summed E-state index contributed by atoms with van der Waals surface area (Å²) in [6, 6.07) is 9.25. The van der Waals surface area contributed by atoms with Gasteiger partial charge in [0.25, 0.3) is 0 Å². The molecular weight excluding hydrogens is 149 g/mol. The molecule has 0 heterocycles. The van der Waals surface area contributed by atoms with Crippen LogP contribution in [0.2, 0.25) is 0 Å². The maximum Gasteiger partial charge on any atom is 0.223 e. The van der Waals surface area contributed by atoms with Crippen LogP contribution in [0.1, 0.15) is 0 Å². The van der Waals surface area contributed by atoms with Gasteiger partial charge in [0.1, 0.15) is 0 Å². The van der Waals surface area contributed by atoms with Gasteiger partial charge < -0.3 is 0 Å². The summed E-state index contributed by atoms with van der Waals surface area (Å²) in [5, 5.41) is 0. The van der Waals surface area contributed by atoms with E-state index in [1.54, 1.807) is 0 Å². The van der Waals surface area contributed by atoms with E-state index in [0.717, 1.165) is 5.69 Å². The number of para-hydroxylation sites is 1. The topological polar surface area (TPSA) is 41.2 Å². The van der Waals surface area contributed by atoms with Crippen LogP contribution in [0, 0.1) is 0 Å². The van der Waals surface area contributed by atoms with Crippen molar-refractivity contribution in [1.82, 2.24) is 0 Å². The normalized spacial score (nSPS) is 10.5. The highest BCUT2D eigenvalue weighted by atomic mass is 31.1. The summed E-state index contributed by atoms with van der Waals surface area (Å²) < 4.78 is 4.44. The number of benzene rings is 1. The van der Waals surface area contributed by atoms with E-state index in [4.69, 9.17) is 0 Å². The lowest BCUT2D eigenvalue weighted by Gasteiger charge is -2.00. The van der Waals surface area contributed by atoms with Crippen molar-refractivity contribution in [1.29, 1.82) is 0 Å². The summed E-state index contributed by atoms with van der Waals surface area (Å²) in [5.41, 5.74) is 3.29. The summed E-state index contributed by atoms with van der Waals surface area (Å²) in [6.45, 7) is 0. The Morgan fingerprint density at radius 3 is 2.60 bits per heavy atom. The average molecular weight is 156 g/mol. The Kier molecular flexibility index (Phi) is 3.16. The molecule has 0 aliphatic carbocycles. The first-order valence-electron chi connectivity index (χ1n) is 2.77. The predicted molar refractivity (Wildman–Crippen MR) is 40.2 cm³/mol. The van der Waals surface area contributed by atoms with Gasteiger partial charge in [-0.1, -0.05) is 18.2 Å². The molecule has 1 aromatic carbocycles. The molecule has 0 saturated carbocycles. The highest BCUT2D eigenvalue weighted by Gasteiger charge is 1.85. The maximum atomic E-state index is 9.85. The van der Waals surface area contributed by atoms with Gasteiger partial charge in [0.05, 0.1) is 5.69 Å².